The Hall–Kier alpha value is -1.27. The van der Waals surface area contributed by atoms with Crippen LogP contribution in [0.5, 0.6) is 0 Å². The number of amides is 2. The Morgan fingerprint density at radius 3 is 3.06 bits per heavy atom. The number of hydrogen-bond acceptors (Lipinski definition) is 5. The second kappa shape index (κ2) is 6.06. The minimum Gasteiger partial charge on any atom is -0.305 e. The minimum atomic E-state index is -0.345. The molecule has 2 heterocycles. The van der Waals surface area contributed by atoms with Crippen LogP contribution in [0.1, 0.15) is 25.5 Å². The maximum Gasteiger partial charge on any atom is 0.246 e. The Balaban J connectivity index is 1.80. The minimum absolute atomic E-state index is 0.0620. The Labute approximate surface area is 110 Å². The number of imide groups is 1. The van der Waals surface area contributed by atoms with E-state index in [1.54, 1.807) is 16.8 Å². The van der Waals surface area contributed by atoms with Gasteiger partial charge in [-0.2, -0.15) is 0 Å². The predicted octanol–water partition coefficient (Wildman–Crippen LogP) is 0.813. The summed E-state index contributed by atoms with van der Waals surface area (Å²) in [6.07, 6.45) is 1.88. The first-order valence-corrected chi connectivity index (χ1v) is 7.11. The number of thiazole rings is 1. The Bertz CT molecular complexity index is 419. The number of hydrogen-bond donors (Lipinski definition) is 1. The van der Waals surface area contributed by atoms with Gasteiger partial charge in [0.15, 0.2) is 0 Å². The van der Waals surface area contributed by atoms with Gasteiger partial charge >= 0.3 is 0 Å². The summed E-state index contributed by atoms with van der Waals surface area (Å²) in [5, 5.41) is 5.13. The van der Waals surface area contributed by atoms with Crippen molar-refractivity contribution < 1.29 is 9.59 Å². The Kier molecular flexibility index (Phi) is 4.43. The van der Waals surface area contributed by atoms with E-state index in [1.807, 2.05) is 12.3 Å². The van der Waals surface area contributed by atoms with Gasteiger partial charge in [-0.05, 0) is 6.42 Å². The van der Waals surface area contributed by atoms with E-state index >= 15 is 0 Å². The van der Waals surface area contributed by atoms with Crippen molar-refractivity contribution in [3.05, 3.63) is 16.6 Å². The number of nitrogens with zero attached hydrogens (tertiary/aromatic N) is 2. The van der Waals surface area contributed by atoms with Gasteiger partial charge in [0.25, 0.3) is 0 Å². The molecule has 1 aromatic heterocycles. The third-order valence-electron chi connectivity index (χ3n) is 2.95. The van der Waals surface area contributed by atoms with Crippen molar-refractivity contribution in [1.29, 1.82) is 0 Å². The molecule has 98 valence electrons. The molecule has 2 amide bonds. The Morgan fingerprint density at radius 2 is 2.39 bits per heavy atom. The van der Waals surface area contributed by atoms with Crippen molar-refractivity contribution in [2.75, 3.05) is 13.1 Å². The zero-order valence-corrected chi connectivity index (χ0v) is 11.2. The van der Waals surface area contributed by atoms with Crippen molar-refractivity contribution in [2.45, 2.75) is 32.2 Å². The third kappa shape index (κ3) is 2.94. The summed E-state index contributed by atoms with van der Waals surface area (Å²) in [4.78, 5) is 29.1. The van der Waals surface area contributed by atoms with E-state index in [-0.39, 0.29) is 24.3 Å². The summed E-state index contributed by atoms with van der Waals surface area (Å²) in [6.45, 7) is 3.17. The van der Waals surface area contributed by atoms with E-state index in [0.717, 1.165) is 18.5 Å². The fourth-order valence-electron chi connectivity index (χ4n) is 2.04. The number of carbonyl (C=O) groups excluding carboxylic acids is 2. The fourth-order valence-corrected chi connectivity index (χ4v) is 2.63. The van der Waals surface area contributed by atoms with Crippen LogP contribution in [-0.2, 0) is 16.0 Å². The van der Waals surface area contributed by atoms with Crippen LogP contribution in [0, 0.1) is 0 Å². The van der Waals surface area contributed by atoms with Crippen LogP contribution in [0.25, 0.3) is 0 Å². The first kappa shape index (κ1) is 13.2. The van der Waals surface area contributed by atoms with Gasteiger partial charge in [-0.15, -0.1) is 11.3 Å². The number of carbonyl (C=O) groups is 2. The highest BCUT2D eigenvalue weighted by Crippen LogP contribution is 2.13. The average Bonchev–Trinajstić information content (AvgIpc) is 2.94. The molecule has 0 spiro atoms. The highest BCUT2D eigenvalue weighted by molar-refractivity contribution is 7.07. The molecule has 0 bridgehead atoms. The fraction of sp³-hybridized carbons (Fsp3) is 0.583. The summed E-state index contributed by atoms with van der Waals surface area (Å²) in [5.41, 5.74) is 2.82. The lowest BCUT2D eigenvalue weighted by atomic mass is 10.2. The highest BCUT2D eigenvalue weighted by atomic mass is 32.1. The SMILES string of the molecule is CCCN1C(=O)CC(NCCc2cscn2)C1=O. The molecule has 1 fully saturated rings. The standard InChI is InChI=1S/C12H17N3O2S/c1-2-5-15-11(16)6-10(12(15)17)13-4-3-9-7-18-8-14-9/h7-8,10,13H,2-6H2,1H3. The normalized spacial score (nSPS) is 19.8. The van der Waals surface area contributed by atoms with Gasteiger partial charge in [0.1, 0.15) is 0 Å². The molecule has 1 aliphatic rings. The molecule has 1 aliphatic heterocycles. The van der Waals surface area contributed by atoms with Crippen LogP contribution in [0.3, 0.4) is 0 Å². The van der Waals surface area contributed by atoms with Crippen molar-refractivity contribution in [3.8, 4) is 0 Å². The lowest BCUT2D eigenvalue weighted by Crippen LogP contribution is -2.39. The monoisotopic (exact) mass is 267 g/mol. The number of aromatic nitrogens is 1. The van der Waals surface area contributed by atoms with Gasteiger partial charge in [0.05, 0.1) is 23.7 Å². The van der Waals surface area contributed by atoms with Crippen molar-refractivity contribution in [2.24, 2.45) is 0 Å². The summed E-state index contributed by atoms with van der Waals surface area (Å²) in [5.74, 6) is -0.145. The van der Waals surface area contributed by atoms with Crippen LogP contribution < -0.4 is 5.32 Å². The first-order chi connectivity index (χ1) is 8.72. The van der Waals surface area contributed by atoms with Crippen molar-refractivity contribution >= 4 is 23.2 Å². The van der Waals surface area contributed by atoms with E-state index in [2.05, 4.69) is 10.3 Å². The molecule has 0 aromatic carbocycles. The molecule has 1 saturated heterocycles. The van der Waals surface area contributed by atoms with E-state index in [4.69, 9.17) is 0 Å². The average molecular weight is 267 g/mol. The van der Waals surface area contributed by atoms with Gasteiger partial charge in [-0.25, -0.2) is 4.98 Å². The zero-order chi connectivity index (χ0) is 13.0. The van der Waals surface area contributed by atoms with E-state index in [9.17, 15) is 9.59 Å². The first-order valence-electron chi connectivity index (χ1n) is 6.17. The zero-order valence-electron chi connectivity index (χ0n) is 10.4. The van der Waals surface area contributed by atoms with Crippen molar-refractivity contribution in [1.82, 2.24) is 15.2 Å². The predicted molar refractivity (Wildman–Crippen MR) is 69.2 cm³/mol. The van der Waals surface area contributed by atoms with Gasteiger partial charge in [-0.3, -0.25) is 14.5 Å². The van der Waals surface area contributed by atoms with Crippen molar-refractivity contribution in [3.63, 3.8) is 0 Å². The third-order valence-corrected chi connectivity index (χ3v) is 3.58. The molecule has 1 aromatic rings. The van der Waals surface area contributed by atoms with E-state index in [0.29, 0.717) is 13.1 Å². The summed E-state index contributed by atoms with van der Waals surface area (Å²) in [6, 6.07) is -0.345. The lowest BCUT2D eigenvalue weighted by Gasteiger charge is -2.14. The van der Waals surface area contributed by atoms with E-state index in [1.165, 1.54) is 4.90 Å². The topological polar surface area (TPSA) is 62.3 Å². The molecule has 1 atom stereocenters. The summed E-state index contributed by atoms with van der Waals surface area (Å²) < 4.78 is 0. The number of rotatable bonds is 6. The maximum absolute atomic E-state index is 11.9. The van der Waals surface area contributed by atoms with Gasteiger partial charge in [-0.1, -0.05) is 6.92 Å². The lowest BCUT2D eigenvalue weighted by molar-refractivity contribution is -0.138. The molecular formula is C12H17N3O2S. The molecule has 1 N–H and O–H groups in total. The molecule has 2 rings (SSSR count). The second-order valence-electron chi connectivity index (χ2n) is 4.32. The molecular weight excluding hydrogens is 250 g/mol. The van der Waals surface area contributed by atoms with Crippen LogP contribution in [0.4, 0.5) is 0 Å². The van der Waals surface area contributed by atoms with Gasteiger partial charge in [0.2, 0.25) is 11.8 Å². The largest absolute Gasteiger partial charge is 0.305 e. The molecule has 0 aliphatic carbocycles. The summed E-state index contributed by atoms with van der Waals surface area (Å²) in [7, 11) is 0. The van der Waals surface area contributed by atoms with Crippen LogP contribution in [-0.4, -0.2) is 40.8 Å². The van der Waals surface area contributed by atoms with Crippen LogP contribution >= 0.6 is 11.3 Å². The van der Waals surface area contributed by atoms with Crippen LogP contribution in [0.15, 0.2) is 10.9 Å². The maximum atomic E-state index is 11.9. The number of nitrogens with one attached hydrogen (secondary N) is 1. The number of likely N-dealkylation sites (tertiary alicyclic amines) is 1. The molecule has 1 unspecified atom stereocenters. The Morgan fingerprint density at radius 1 is 1.56 bits per heavy atom. The molecule has 0 radical (unpaired) electrons. The quantitative estimate of drug-likeness (QED) is 0.775. The van der Waals surface area contributed by atoms with Gasteiger partial charge in [0, 0.05) is 24.9 Å². The summed E-state index contributed by atoms with van der Waals surface area (Å²) >= 11 is 1.56. The van der Waals surface area contributed by atoms with E-state index < -0.39 is 0 Å². The van der Waals surface area contributed by atoms with Crippen LogP contribution in [0.2, 0.25) is 0 Å². The van der Waals surface area contributed by atoms with Gasteiger partial charge < -0.3 is 5.32 Å². The molecule has 5 nitrogen and oxygen atoms in total. The molecule has 18 heavy (non-hydrogen) atoms. The molecule has 6 heteroatoms. The smallest absolute Gasteiger partial charge is 0.246 e. The highest BCUT2D eigenvalue weighted by Gasteiger charge is 2.37. The molecule has 0 saturated carbocycles. The second-order valence-corrected chi connectivity index (χ2v) is 5.04.